The van der Waals surface area contributed by atoms with Crippen molar-refractivity contribution in [2.45, 2.75) is 25.8 Å². The third kappa shape index (κ3) is 5.29. The number of carbonyl (C=O) groups is 1. The predicted octanol–water partition coefficient (Wildman–Crippen LogP) is 4.66. The second-order valence-corrected chi connectivity index (χ2v) is 8.00. The molecule has 1 fully saturated rings. The fourth-order valence-electron chi connectivity index (χ4n) is 3.80. The van der Waals surface area contributed by atoms with Gasteiger partial charge < -0.3 is 9.32 Å². The van der Waals surface area contributed by atoms with E-state index >= 15 is 0 Å². The number of aryl methyl sites for hydroxylation is 1. The van der Waals surface area contributed by atoms with Gasteiger partial charge in [-0.15, -0.1) is 0 Å². The summed E-state index contributed by atoms with van der Waals surface area (Å²) in [6.07, 6.45) is 3.57. The molecule has 1 aliphatic rings. The lowest BCUT2D eigenvalue weighted by Crippen LogP contribution is -2.35. The van der Waals surface area contributed by atoms with Gasteiger partial charge in [0.2, 0.25) is 5.91 Å². The van der Waals surface area contributed by atoms with E-state index in [4.69, 9.17) is 16.0 Å². The first-order valence-electron chi connectivity index (χ1n) is 10.4. The normalized spacial score (nSPS) is 15.2. The summed E-state index contributed by atoms with van der Waals surface area (Å²) in [5, 5.41) is 0.626. The number of carbonyl (C=O) groups excluding carboxylic acids is 1. The van der Waals surface area contributed by atoms with Gasteiger partial charge in [0.25, 0.3) is 0 Å². The minimum absolute atomic E-state index is 0.161. The predicted molar refractivity (Wildman–Crippen MR) is 118 cm³/mol. The molecule has 0 atom stereocenters. The quantitative estimate of drug-likeness (QED) is 0.578. The van der Waals surface area contributed by atoms with Crippen LogP contribution in [0.15, 0.2) is 65.2 Å². The van der Waals surface area contributed by atoms with Crippen LogP contribution in [-0.4, -0.2) is 46.9 Å². The molecule has 1 amide bonds. The molecule has 6 heteroatoms. The maximum absolute atomic E-state index is 12.7. The first-order chi connectivity index (χ1) is 14.7. The molecule has 4 rings (SSSR count). The largest absolute Gasteiger partial charge is 0.441 e. The maximum atomic E-state index is 12.7. The van der Waals surface area contributed by atoms with Crippen LogP contribution in [0.2, 0.25) is 5.02 Å². The molecule has 0 bridgehead atoms. The first kappa shape index (κ1) is 20.6. The summed E-state index contributed by atoms with van der Waals surface area (Å²) in [6, 6.07) is 18.0. The molecule has 2 aromatic carbocycles. The molecule has 2 heterocycles. The number of halogens is 1. The third-order valence-corrected chi connectivity index (χ3v) is 5.77. The number of oxazole rings is 1. The van der Waals surface area contributed by atoms with Gasteiger partial charge in [0, 0.05) is 51.1 Å². The first-order valence-corrected chi connectivity index (χ1v) is 10.8. The molecule has 3 aromatic rings. The van der Waals surface area contributed by atoms with Crippen molar-refractivity contribution < 1.29 is 9.21 Å². The number of hydrogen-bond donors (Lipinski definition) is 0. The smallest absolute Gasteiger partial charge is 0.223 e. The summed E-state index contributed by atoms with van der Waals surface area (Å²) in [5.74, 6) is 1.36. The van der Waals surface area contributed by atoms with Crippen molar-refractivity contribution in [2.75, 3.05) is 26.2 Å². The highest BCUT2D eigenvalue weighted by Crippen LogP contribution is 2.28. The van der Waals surface area contributed by atoms with E-state index in [-0.39, 0.29) is 5.91 Å². The Morgan fingerprint density at radius 1 is 1.00 bits per heavy atom. The number of aromatic nitrogens is 1. The molecule has 0 unspecified atom stereocenters. The van der Waals surface area contributed by atoms with E-state index in [9.17, 15) is 4.79 Å². The fraction of sp³-hybridized carbons (Fsp3) is 0.333. The van der Waals surface area contributed by atoms with Crippen LogP contribution in [0, 0.1) is 0 Å². The van der Waals surface area contributed by atoms with E-state index in [1.807, 2.05) is 35.2 Å². The Hall–Kier alpha value is -2.63. The van der Waals surface area contributed by atoms with E-state index in [0.29, 0.717) is 29.5 Å². The van der Waals surface area contributed by atoms with Crippen molar-refractivity contribution in [3.8, 4) is 11.3 Å². The van der Waals surface area contributed by atoms with Crippen LogP contribution in [0.3, 0.4) is 0 Å². The summed E-state index contributed by atoms with van der Waals surface area (Å²) in [4.78, 5) is 21.5. The minimum atomic E-state index is 0.161. The monoisotopic (exact) mass is 423 g/mol. The van der Waals surface area contributed by atoms with Crippen molar-refractivity contribution in [3.05, 3.63) is 77.3 Å². The lowest BCUT2D eigenvalue weighted by molar-refractivity contribution is -0.131. The molecule has 0 spiro atoms. The lowest BCUT2D eigenvalue weighted by Gasteiger charge is -2.22. The highest BCUT2D eigenvalue weighted by atomic mass is 35.5. The molecule has 0 saturated carbocycles. The highest BCUT2D eigenvalue weighted by molar-refractivity contribution is 6.33. The van der Waals surface area contributed by atoms with Crippen molar-refractivity contribution in [3.63, 3.8) is 0 Å². The molecular weight excluding hydrogens is 398 g/mol. The Kier molecular flexibility index (Phi) is 6.82. The Labute approximate surface area is 182 Å². The van der Waals surface area contributed by atoms with E-state index in [0.717, 1.165) is 44.7 Å². The van der Waals surface area contributed by atoms with Gasteiger partial charge in [0.1, 0.15) is 0 Å². The molecular formula is C24H26ClN3O2. The van der Waals surface area contributed by atoms with E-state index in [1.54, 1.807) is 6.20 Å². The number of benzene rings is 2. The average molecular weight is 424 g/mol. The summed E-state index contributed by atoms with van der Waals surface area (Å²) in [6.45, 7) is 4.42. The standard InChI is InChI=1S/C24H26ClN3O2/c25-21-10-5-4-9-20(21)22-17-26-23(30-22)11-12-24(29)28-14-6-13-27(15-16-28)18-19-7-2-1-3-8-19/h1-5,7-10,17H,6,11-16,18H2. The van der Waals surface area contributed by atoms with Gasteiger partial charge in [-0.25, -0.2) is 4.98 Å². The van der Waals surface area contributed by atoms with Crippen molar-refractivity contribution in [1.29, 1.82) is 0 Å². The van der Waals surface area contributed by atoms with Gasteiger partial charge in [-0.05, 0) is 24.1 Å². The minimum Gasteiger partial charge on any atom is -0.441 e. The zero-order valence-corrected chi connectivity index (χ0v) is 17.7. The fourth-order valence-corrected chi connectivity index (χ4v) is 4.03. The van der Waals surface area contributed by atoms with Crippen LogP contribution in [0.4, 0.5) is 0 Å². The molecule has 1 aliphatic heterocycles. The SMILES string of the molecule is O=C(CCc1ncc(-c2ccccc2Cl)o1)N1CCCN(Cc2ccccc2)CC1. The Bertz CT molecular complexity index is 973. The van der Waals surface area contributed by atoms with Crippen LogP contribution >= 0.6 is 11.6 Å². The summed E-state index contributed by atoms with van der Waals surface area (Å²) in [5.41, 5.74) is 2.13. The number of amides is 1. The van der Waals surface area contributed by atoms with Gasteiger partial charge in [0.15, 0.2) is 11.7 Å². The molecule has 1 saturated heterocycles. The van der Waals surface area contributed by atoms with Gasteiger partial charge in [0.05, 0.1) is 11.2 Å². The van der Waals surface area contributed by atoms with Gasteiger partial charge in [-0.1, -0.05) is 54.1 Å². The zero-order valence-electron chi connectivity index (χ0n) is 17.0. The lowest BCUT2D eigenvalue weighted by atomic mass is 10.2. The van der Waals surface area contributed by atoms with Crippen molar-refractivity contribution in [2.24, 2.45) is 0 Å². The summed E-state index contributed by atoms with van der Waals surface area (Å²) in [7, 11) is 0. The van der Waals surface area contributed by atoms with Crippen molar-refractivity contribution >= 4 is 17.5 Å². The Balaban J connectivity index is 1.28. The summed E-state index contributed by atoms with van der Waals surface area (Å²) < 4.78 is 5.82. The number of hydrogen-bond acceptors (Lipinski definition) is 4. The molecule has 156 valence electrons. The van der Waals surface area contributed by atoms with Crippen molar-refractivity contribution in [1.82, 2.24) is 14.8 Å². The van der Waals surface area contributed by atoms with Crippen LogP contribution in [0.1, 0.15) is 24.3 Å². The molecule has 0 radical (unpaired) electrons. The van der Waals surface area contributed by atoms with Gasteiger partial charge in [-0.3, -0.25) is 9.69 Å². The Morgan fingerprint density at radius 2 is 1.80 bits per heavy atom. The van der Waals surface area contributed by atoms with Crippen LogP contribution in [0.25, 0.3) is 11.3 Å². The highest BCUT2D eigenvalue weighted by Gasteiger charge is 2.20. The average Bonchev–Trinajstić information content (AvgIpc) is 3.11. The van der Waals surface area contributed by atoms with E-state index < -0.39 is 0 Å². The van der Waals surface area contributed by atoms with Crippen LogP contribution < -0.4 is 0 Å². The van der Waals surface area contributed by atoms with E-state index in [2.05, 4.69) is 34.1 Å². The third-order valence-electron chi connectivity index (χ3n) is 5.44. The van der Waals surface area contributed by atoms with Gasteiger partial charge in [-0.2, -0.15) is 0 Å². The Morgan fingerprint density at radius 3 is 2.63 bits per heavy atom. The second-order valence-electron chi connectivity index (χ2n) is 7.59. The molecule has 1 aromatic heterocycles. The van der Waals surface area contributed by atoms with Gasteiger partial charge >= 0.3 is 0 Å². The van der Waals surface area contributed by atoms with Crippen LogP contribution in [-0.2, 0) is 17.8 Å². The second kappa shape index (κ2) is 9.92. The summed E-state index contributed by atoms with van der Waals surface area (Å²) >= 11 is 6.22. The molecule has 0 aliphatic carbocycles. The number of nitrogens with zero attached hydrogens (tertiary/aromatic N) is 3. The number of rotatable bonds is 6. The topological polar surface area (TPSA) is 49.6 Å². The molecule has 5 nitrogen and oxygen atoms in total. The zero-order chi connectivity index (χ0) is 20.8. The van der Waals surface area contributed by atoms with E-state index in [1.165, 1.54) is 5.56 Å². The molecule has 30 heavy (non-hydrogen) atoms. The maximum Gasteiger partial charge on any atom is 0.223 e. The van der Waals surface area contributed by atoms with Crippen LogP contribution in [0.5, 0.6) is 0 Å². The molecule has 0 N–H and O–H groups in total.